The van der Waals surface area contributed by atoms with E-state index in [4.69, 9.17) is 0 Å². The third-order valence-corrected chi connectivity index (χ3v) is 6.22. The Labute approximate surface area is 137 Å². The maximum Gasteiger partial charge on any atom is 0.234 e. The first-order chi connectivity index (χ1) is 11.1. The molecular formula is C14H15N5O2S2. The topological polar surface area (TPSA) is 101 Å². The number of rotatable bonds is 7. The lowest BCUT2D eigenvalue weighted by atomic mass is 10.2. The zero-order valence-electron chi connectivity index (χ0n) is 12.1. The van der Waals surface area contributed by atoms with Crippen molar-refractivity contribution < 1.29 is 8.42 Å². The van der Waals surface area contributed by atoms with E-state index in [0.717, 1.165) is 22.6 Å². The number of sulfone groups is 1. The van der Waals surface area contributed by atoms with Crippen molar-refractivity contribution in [2.75, 3.05) is 11.1 Å². The summed E-state index contributed by atoms with van der Waals surface area (Å²) in [5.41, 5.74) is 1.83. The van der Waals surface area contributed by atoms with Crippen molar-refractivity contribution in [1.82, 2.24) is 20.4 Å². The summed E-state index contributed by atoms with van der Waals surface area (Å²) in [5.74, 6) is 0.0398. The van der Waals surface area contributed by atoms with Gasteiger partial charge >= 0.3 is 0 Å². The van der Waals surface area contributed by atoms with Crippen molar-refractivity contribution in [3.63, 3.8) is 0 Å². The second-order valence-corrected chi connectivity index (χ2v) is 8.15. The highest BCUT2D eigenvalue weighted by Crippen LogP contribution is 2.24. The Morgan fingerprint density at radius 2 is 2.00 bits per heavy atom. The first-order valence-corrected chi connectivity index (χ1v) is 9.46. The molecule has 9 heteroatoms. The molecule has 120 valence electrons. The highest BCUT2D eigenvalue weighted by Gasteiger charge is 2.20. The molecule has 2 aromatic heterocycles. The van der Waals surface area contributed by atoms with Gasteiger partial charge < -0.3 is 5.32 Å². The van der Waals surface area contributed by atoms with E-state index in [1.165, 1.54) is 0 Å². The van der Waals surface area contributed by atoms with Crippen molar-refractivity contribution in [3.05, 3.63) is 48.3 Å². The molecule has 0 unspecified atom stereocenters. The summed E-state index contributed by atoms with van der Waals surface area (Å²) >= 11 is 1.04. The molecule has 0 bridgehead atoms. The number of nitrogens with zero attached hydrogens (tertiary/aromatic N) is 3. The molecule has 0 spiro atoms. The Morgan fingerprint density at radius 3 is 2.74 bits per heavy atom. The molecule has 1 aromatic carbocycles. The van der Waals surface area contributed by atoms with Gasteiger partial charge in [-0.15, -0.1) is 10.2 Å². The minimum atomic E-state index is -3.41. The van der Waals surface area contributed by atoms with Crippen LogP contribution in [0.4, 0.5) is 10.8 Å². The normalized spacial score (nSPS) is 11.5. The summed E-state index contributed by atoms with van der Waals surface area (Å²) in [6.07, 6.45) is 4.63. The van der Waals surface area contributed by atoms with Gasteiger partial charge in [-0.25, -0.2) is 8.42 Å². The zero-order valence-corrected chi connectivity index (χ0v) is 13.8. The second-order valence-electron chi connectivity index (χ2n) is 4.89. The fourth-order valence-electron chi connectivity index (χ4n) is 2.00. The largest absolute Gasteiger partial charge is 0.330 e. The molecule has 23 heavy (non-hydrogen) atoms. The molecule has 0 fully saturated rings. The Morgan fingerprint density at radius 1 is 1.17 bits per heavy atom. The van der Waals surface area contributed by atoms with Crippen LogP contribution in [0.2, 0.25) is 0 Å². The first kappa shape index (κ1) is 15.6. The van der Waals surface area contributed by atoms with Crippen molar-refractivity contribution in [2.45, 2.75) is 17.2 Å². The van der Waals surface area contributed by atoms with E-state index in [0.29, 0.717) is 18.0 Å². The Kier molecular flexibility index (Phi) is 4.68. The summed E-state index contributed by atoms with van der Waals surface area (Å²) in [6.45, 7) is 0. The molecule has 0 aliphatic heterocycles. The third-order valence-electron chi connectivity index (χ3n) is 3.13. The summed E-state index contributed by atoms with van der Waals surface area (Å²) in [7, 11) is -3.41. The van der Waals surface area contributed by atoms with Gasteiger partial charge in [0, 0.05) is 11.9 Å². The van der Waals surface area contributed by atoms with Gasteiger partial charge in [-0.2, -0.15) is 5.10 Å². The van der Waals surface area contributed by atoms with Gasteiger partial charge in [0.2, 0.25) is 19.3 Å². The van der Waals surface area contributed by atoms with Crippen LogP contribution in [0.1, 0.15) is 12.0 Å². The van der Waals surface area contributed by atoms with Gasteiger partial charge in [-0.3, -0.25) is 5.10 Å². The molecule has 7 nitrogen and oxygen atoms in total. The van der Waals surface area contributed by atoms with Crippen LogP contribution in [-0.2, 0) is 16.3 Å². The molecule has 0 saturated carbocycles. The van der Waals surface area contributed by atoms with Crippen LogP contribution in [-0.4, -0.2) is 34.6 Å². The standard InChI is InChI=1S/C14H15N5O2S2/c20-23(21,8-4-5-11-9-15-16-10-11)14-19-18-13(22-14)17-12-6-2-1-3-7-12/h1-3,6-7,9-10H,4-5,8H2,(H,15,16)(H,17,18). The predicted octanol–water partition coefficient (Wildman–Crippen LogP) is 2.41. The molecule has 0 amide bonds. The number of aromatic amines is 1. The van der Waals surface area contributed by atoms with E-state index in [2.05, 4.69) is 25.7 Å². The Hall–Kier alpha value is -2.26. The van der Waals surface area contributed by atoms with Crippen molar-refractivity contribution in [1.29, 1.82) is 0 Å². The van der Waals surface area contributed by atoms with E-state index in [9.17, 15) is 8.42 Å². The van der Waals surface area contributed by atoms with E-state index in [1.807, 2.05) is 30.3 Å². The summed E-state index contributed by atoms with van der Waals surface area (Å²) in [5, 5.41) is 17.7. The molecular weight excluding hydrogens is 334 g/mol. The fraction of sp³-hybridized carbons (Fsp3) is 0.214. The number of aromatic nitrogens is 4. The van der Waals surface area contributed by atoms with Crippen LogP contribution in [0.3, 0.4) is 0 Å². The number of aryl methyl sites for hydroxylation is 1. The highest BCUT2D eigenvalue weighted by molar-refractivity contribution is 7.93. The smallest absolute Gasteiger partial charge is 0.234 e. The van der Waals surface area contributed by atoms with Crippen molar-refractivity contribution >= 4 is 32.0 Å². The third kappa shape index (κ3) is 4.14. The maximum atomic E-state index is 12.3. The fourth-order valence-corrected chi connectivity index (χ4v) is 4.36. The molecule has 0 radical (unpaired) electrons. The van der Waals surface area contributed by atoms with Gasteiger partial charge in [-0.1, -0.05) is 29.5 Å². The minimum absolute atomic E-state index is 0.0398. The molecule has 0 aliphatic rings. The minimum Gasteiger partial charge on any atom is -0.330 e. The molecule has 0 saturated heterocycles. The molecule has 3 aromatic rings. The van der Waals surface area contributed by atoms with Crippen LogP contribution < -0.4 is 5.32 Å². The quantitative estimate of drug-likeness (QED) is 0.679. The SMILES string of the molecule is O=S(=O)(CCCc1cn[nH]c1)c1nnc(Nc2ccccc2)s1. The van der Waals surface area contributed by atoms with Crippen LogP contribution in [0, 0.1) is 0 Å². The van der Waals surface area contributed by atoms with Gasteiger partial charge in [-0.05, 0) is 30.5 Å². The average molecular weight is 349 g/mol. The lowest BCUT2D eigenvalue weighted by molar-refractivity contribution is 0.591. The van der Waals surface area contributed by atoms with E-state index in [1.54, 1.807) is 12.4 Å². The van der Waals surface area contributed by atoms with Crippen LogP contribution in [0.15, 0.2) is 47.1 Å². The van der Waals surface area contributed by atoms with Crippen molar-refractivity contribution in [3.8, 4) is 0 Å². The average Bonchev–Trinajstić information content (AvgIpc) is 3.20. The Balaban J connectivity index is 1.61. The van der Waals surface area contributed by atoms with Crippen LogP contribution in [0.25, 0.3) is 0 Å². The summed E-state index contributed by atoms with van der Waals surface area (Å²) in [6, 6.07) is 9.43. The van der Waals surface area contributed by atoms with E-state index >= 15 is 0 Å². The number of nitrogens with one attached hydrogen (secondary N) is 2. The van der Waals surface area contributed by atoms with Gasteiger partial charge in [0.05, 0.1) is 11.9 Å². The van der Waals surface area contributed by atoms with Gasteiger partial charge in [0.1, 0.15) is 0 Å². The van der Waals surface area contributed by atoms with Gasteiger partial charge in [0.25, 0.3) is 0 Å². The first-order valence-electron chi connectivity index (χ1n) is 6.99. The molecule has 2 heterocycles. The number of benzene rings is 1. The highest BCUT2D eigenvalue weighted by atomic mass is 32.2. The predicted molar refractivity (Wildman–Crippen MR) is 88.6 cm³/mol. The monoisotopic (exact) mass is 349 g/mol. The lowest BCUT2D eigenvalue weighted by Gasteiger charge is -2.00. The second kappa shape index (κ2) is 6.88. The Bertz CT molecular complexity index is 844. The van der Waals surface area contributed by atoms with Gasteiger partial charge in [0.15, 0.2) is 0 Å². The number of hydrogen-bond acceptors (Lipinski definition) is 7. The number of anilines is 2. The molecule has 0 atom stereocenters. The van der Waals surface area contributed by atoms with E-state index < -0.39 is 9.84 Å². The zero-order chi connectivity index (χ0) is 16.1. The summed E-state index contributed by atoms with van der Waals surface area (Å²) < 4.78 is 24.6. The van der Waals surface area contributed by atoms with Crippen LogP contribution >= 0.6 is 11.3 Å². The molecule has 3 rings (SSSR count). The number of hydrogen-bond donors (Lipinski definition) is 2. The molecule has 2 N–H and O–H groups in total. The van der Waals surface area contributed by atoms with Crippen LogP contribution in [0.5, 0.6) is 0 Å². The molecule has 0 aliphatic carbocycles. The maximum absolute atomic E-state index is 12.3. The van der Waals surface area contributed by atoms with Crippen molar-refractivity contribution in [2.24, 2.45) is 0 Å². The number of para-hydroxylation sites is 1. The number of H-pyrrole nitrogens is 1. The lowest BCUT2D eigenvalue weighted by Crippen LogP contribution is -2.07. The summed E-state index contributed by atoms with van der Waals surface area (Å²) in [4.78, 5) is 0. The van der Waals surface area contributed by atoms with E-state index in [-0.39, 0.29) is 10.1 Å².